The van der Waals surface area contributed by atoms with Crippen LogP contribution in [0.15, 0.2) is 54.1 Å². The van der Waals surface area contributed by atoms with Crippen molar-refractivity contribution in [2.45, 2.75) is 12.5 Å². The average molecular weight is 404 g/mol. The number of carboxylic acids is 1. The van der Waals surface area contributed by atoms with Crippen LogP contribution in [0.3, 0.4) is 0 Å². The summed E-state index contributed by atoms with van der Waals surface area (Å²) in [6.07, 6.45) is -0.432. The topological polar surface area (TPSA) is 94.9 Å². The molecule has 2 aromatic rings. The maximum atomic E-state index is 14.5. The molecule has 0 radical (unpaired) electrons. The fraction of sp³-hybridized carbons (Fsp3) is 0.150. The first kappa shape index (κ1) is 19.6. The van der Waals surface area contributed by atoms with Gasteiger partial charge in [-0.15, -0.1) is 0 Å². The highest BCUT2D eigenvalue weighted by Crippen LogP contribution is 2.40. The van der Waals surface area contributed by atoms with E-state index in [1.807, 2.05) is 0 Å². The predicted molar refractivity (Wildman–Crippen MR) is 99.1 cm³/mol. The molecule has 1 amide bonds. The predicted octanol–water partition coefficient (Wildman–Crippen LogP) is 3.38. The number of carbonyl (C=O) groups is 3. The first-order valence-electron chi connectivity index (χ1n) is 8.32. The number of benzene rings is 2. The van der Waals surface area contributed by atoms with Crippen LogP contribution in [-0.4, -0.2) is 39.3 Å². The zero-order chi connectivity index (χ0) is 20.4. The molecular formula is C20H15ClFNO5. The maximum absolute atomic E-state index is 14.5. The molecule has 0 bridgehead atoms. The largest absolute Gasteiger partial charge is 0.507 e. The Kier molecular flexibility index (Phi) is 5.46. The van der Waals surface area contributed by atoms with Gasteiger partial charge in [-0.2, -0.15) is 0 Å². The summed E-state index contributed by atoms with van der Waals surface area (Å²) in [4.78, 5) is 37.1. The van der Waals surface area contributed by atoms with Crippen molar-refractivity contribution in [1.29, 1.82) is 0 Å². The highest BCUT2D eigenvalue weighted by Gasteiger charge is 2.46. The molecule has 28 heavy (non-hydrogen) atoms. The summed E-state index contributed by atoms with van der Waals surface area (Å²) in [6, 6.07) is 10.2. The second kappa shape index (κ2) is 7.82. The van der Waals surface area contributed by atoms with Crippen molar-refractivity contribution < 1.29 is 29.0 Å². The van der Waals surface area contributed by atoms with Crippen molar-refractivity contribution in [2.75, 3.05) is 6.54 Å². The molecule has 0 aromatic heterocycles. The first-order chi connectivity index (χ1) is 13.3. The van der Waals surface area contributed by atoms with Crippen molar-refractivity contribution in [3.63, 3.8) is 0 Å². The van der Waals surface area contributed by atoms with Crippen molar-refractivity contribution in [3.05, 3.63) is 76.1 Å². The Labute approximate surface area is 164 Å². The number of ketones is 1. The number of aliphatic hydroxyl groups is 1. The van der Waals surface area contributed by atoms with E-state index < -0.39 is 41.7 Å². The number of rotatable bonds is 5. The van der Waals surface area contributed by atoms with Gasteiger partial charge < -0.3 is 15.1 Å². The third kappa shape index (κ3) is 3.61. The normalized spacial score (nSPS) is 18.5. The number of halogens is 2. The molecule has 1 atom stereocenters. The van der Waals surface area contributed by atoms with E-state index in [0.29, 0.717) is 5.02 Å². The lowest BCUT2D eigenvalue weighted by Gasteiger charge is -2.25. The van der Waals surface area contributed by atoms with Gasteiger partial charge in [0, 0.05) is 22.7 Å². The molecule has 1 aliphatic heterocycles. The lowest BCUT2D eigenvalue weighted by atomic mass is 9.95. The van der Waals surface area contributed by atoms with Gasteiger partial charge in [0.25, 0.3) is 11.7 Å². The average Bonchev–Trinajstić information content (AvgIpc) is 2.91. The molecule has 6 nitrogen and oxygen atoms in total. The molecule has 144 valence electrons. The smallest absolute Gasteiger partial charge is 0.305 e. The SMILES string of the molecule is O=C(O)CCN1C(=O)C(=O)C(=C(O)c2ccc(Cl)cc2)C1c1ccccc1F. The van der Waals surface area contributed by atoms with Gasteiger partial charge in [-0.05, 0) is 30.3 Å². The van der Waals surface area contributed by atoms with E-state index in [9.17, 15) is 23.9 Å². The number of aliphatic carboxylic acids is 1. The van der Waals surface area contributed by atoms with Gasteiger partial charge in [-0.25, -0.2) is 4.39 Å². The second-order valence-corrected chi connectivity index (χ2v) is 6.60. The molecule has 1 aliphatic rings. The number of amides is 1. The zero-order valence-electron chi connectivity index (χ0n) is 14.4. The van der Waals surface area contributed by atoms with Crippen molar-refractivity contribution in [2.24, 2.45) is 0 Å². The Bertz CT molecular complexity index is 986. The van der Waals surface area contributed by atoms with E-state index in [-0.39, 0.29) is 23.2 Å². The Morgan fingerprint density at radius 1 is 1.07 bits per heavy atom. The minimum Gasteiger partial charge on any atom is -0.507 e. The van der Waals surface area contributed by atoms with E-state index >= 15 is 0 Å². The fourth-order valence-electron chi connectivity index (χ4n) is 3.11. The molecule has 0 saturated carbocycles. The van der Waals surface area contributed by atoms with Crippen LogP contribution in [0.25, 0.3) is 5.76 Å². The van der Waals surface area contributed by atoms with E-state index in [0.717, 1.165) is 11.0 Å². The van der Waals surface area contributed by atoms with Crippen molar-refractivity contribution in [1.82, 2.24) is 4.90 Å². The van der Waals surface area contributed by atoms with Gasteiger partial charge in [0.15, 0.2) is 0 Å². The molecule has 2 aromatic carbocycles. The second-order valence-electron chi connectivity index (χ2n) is 6.16. The summed E-state index contributed by atoms with van der Waals surface area (Å²) in [5.41, 5.74) is -0.0904. The van der Waals surface area contributed by atoms with E-state index in [1.165, 1.54) is 42.5 Å². The molecule has 0 aliphatic carbocycles. The Balaban J connectivity index is 2.18. The van der Waals surface area contributed by atoms with Gasteiger partial charge in [0.05, 0.1) is 18.0 Å². The number of likely N-dealkylation sites (tertiary alicyclic amines) is 1. The van der Waals surface area contributed by atoms with E-state index in [4.69, 9.17) is 16.7 Å². The fourth-order valence-corrected chi connectivity index (χ4v) is 3.24. The molecule has 2 N–H and O–H groups in total. The number of aliphatic hydroxyl groups excluding tert-OH is 1. The molecule has 1 heterocycles. The molecule has 8 heteroatoms. The highest BCUT2D eigenvalue weighted by atomic mass is 35.5. The maximum Gasteiger partial charge on any atom is 0.305 e. The van der Waals surface area contributed by atoms with Crippen LogP contribution in [0.1, 0.15) is 23.6 Å². The molecule has 0 spiro atoms. The lowest BCUT2D eigenvalue weighted by molar-refractivity contribution is -0.142. The Morgan fingerprint density at radius 3 is 2.32 bits per heavy atom. The lowest BCUT2D eigenvalue weighted by Crippen LogP contribution is -2.32. The van der Waals surface area contributed by atoms with Crippen molar-refractivity contribution in [3.8, 4) is 0 Å². The Hall–Kier alpha value is -3.19. The summed E-state index contributed by atoms with van der Waals surface area (Å²) in [7, 11) is 0. The summed E-state index contributed by atoms with van der Waals surface area (Å²) >= 11 is 5.84. The van der Waals surface area contributed by atoms with Crippen LogP contribution in [-0.2, 0) is 14.4 Å². The van der Waals surface area contributed by atoms with Crippen molar-refractivity contribution >= 4 is 35.0 Å². The summed E-state index contributed by atoms with van der Waals surface area (Å²) in [5, 5.41) is 20.1. The molecule has 1 fully saturated rings. The summed E-state index contributed by atoms with van der Waals surface area (Å²) in [5.74, 6) is -4.35. The number of carbonyl (C=O) groups excluding carboxylic acids is 2. The van der Waals surface area contributed by atoms with Gasteiger partial charge >= 0.3 is 5.97 Å². The Morgan fingerprint density at radius 2 is 1.71 bits per heavy atom. The monoisotopic (exact) mass is 403 g/mol. The van der Waals surface area contributed by atoms with Gasteiger partial charge in [-0.3, -0.25) is 14.4 Å². The van der Waals surface area contributed by atoms with Crippen LogP contribution in [0.4, 0.5) is 4.39 Å². The molecule has 1 unspecified atom stereocenters. The molecule has 1 saturated heterocycles. The van der Waals surface area contributed by atoms with Gasteiger partial charge in [0.1, 0.15) is 11.6 Å². The van der Waals surface area contributed by atoms with E-state index in [2.05, 4.69) is 0 Å². The number of hydrogen-bond acceptors (Lipinski definition) is 4. The first-order valence-corrected chi connectivity index (χ1v) is 8.69. The third-order valence-electron chi connectivity index (χ3n) is 4.42. The number of nitrogens with zero attached hydrogens (tertiary/aromatic N) is 1. The molecular weight excluding hydrogens is 389 g/mol. The molecule has 3 rings (SSSR count). The number of Topliss-reactive ketones (excluding diaryl/α,β-unsaturated/α-hetero) is 1. The van der Waals surface area contributed by atoms with Crippen LogP contribution in [0, 0.1) is 5.82 Å². The van der Waals surface area contributed by atoms with Crippen LogP contribution < -0.4 is 0 Å². The minimum absolute atomic E-state index is 0.0115. The minimum atomic E-state index is -1.24. The highest BCUT2D eigenvalue weighted by molar-refractivity contribution is 6.46. The van der Waals surface area contributed by atoms with Crippen LogP contribution >= 0.6 is 11.6 Å². The summed E-state index contributed by atoms with van der Waals surface area (Å²) in [6.45, 7) is -0.309. The standard InChI is InChI=1S/C20H15ClFNO5/c21-12-7-5-11(6-8-12)18(26)16-17(13-3-1-2-4-14(13)22)23(10-9-15(24)25)20(28)19(16)27/h1-8,17,26H,9-10H2,(H,24,25). The third-order valence-corrected chi connectivity index (χ3v) is 4.68. The summed E-state index contributed by atoms with van der Waals surface area (Å²) < 4.78 is 14.5. The van der Waals surface area contributed by atoms with Gasteiger partial charge in [-0.1, -0.05) is 29.8 Å². The van der Waals surface area contributed by atoms with Gasteiger partial charge in [0.2, 0.25) is 0 Å². The quantitative estimate of drug-likeness (QED) is 0.453. The number of carboxylic acid groups (broad SMARTS) is 1. The van der Waals surface area contributed by atoms with Crippen LogP contribution in [0.5, 0.6) is 0 Å². The zero-order valence-corrected chi connectivity index (χ0v) is 15.2. The van der Waals surface area contributed by atoms with Crippen LogP contribution in [0.2, 0.25) is 5.02 Å². The number of hydrogen-bond donors (Lipinski definition) is 2. The van der Waals surface area contributed by atoms with E-state index in [1.54, 1.807) is 0 Å².